The van der Waals surface area contributed by atoms with Crippen molar-refractivity contribution in [3.8, 4) is 0 Å². The third-order valence-corrected chi connectivity index (χ3v) is 1.79. The Morgan fingerprint density at radius 1 is 1.50 bits per heavy atom. The van der Waals surface area contributed by atoms with Gasteiger partial charge in [0, 0.05) is 11.8 Å². The van der Waals surface area contributed by atoms with Gasteiger partial charge in [0.15, 0.2) is 5.69 Å². The van der Waals surface area contributed by atoms with Crippen molar-refractivity contribution in [3.05, 3.63) is 35.1 Å². The molecule has 0 aliphatic carbocycles. The van der Waals surface area contributed by atoms with E-state index in [2.05, 4.69) is 11.6 Å². The summed E-state index contributed by atoms with van der Waals surface area (Å²) in [5.74, 6) is 0. The van der Waals surface area contributed by atoms with Crippen molar-refractivity contribution in [3.63, 3.8) is 0 Å². The van der Waals surface area contributed by atoms with Crippen LogP contribution in [-0.2, 0) is 6.18 Å². The van der Waals surface area contributed by atoms with Crippen molar-refractivity contribution in [2.24, 2.45) is 0 Å². The maximum atomic E-state index is 12.4. The molecule has 0 saturated heterocycles. The summed E-state index contributed by atoms with van der Waals surface area (Å²) < 4.78 is 37.2. The molecule has 0 aliphatic rings. The second-order valence-corrected chi connectivity index (χ2v) is 3.26. The average Bonchev–Trinajstić information content (AvgIpc) is 2.01. The van der Waals surface area contributed by atoms with Gasteiger partial charge in [0.2, 0.25) is 0 Å². The van der Waals surface area contributed by atoms with Crippen molar-refractivity contribution in [2.75, 3.05) is 0 Å². The van der Waals surface area contributed by atoms with E-state index in [1.807, 2.05) is 0 Å². The Bertz CT molecular complexity index is 371. The zero-order chi connectivity index (χ0) is 10.9. The maximum absolute atomic E-state index is 12.4. The summed E-state index contributed by atoms with van der Waals surface area (Å²) in [5, 5.41) is 0.163. The maximum Gasteiger partial charge on any atom is 0.433 e. The third-order valence-electron chi connectivity index (χ3n) is 1.58. The molecule has 0 bridgehead atoms. The van der Waals surface area contributed by atoms with Crippen LogP contribution in [0.25, 0.3) is 5.57 Å². The van der Waals surface area contributed by atoms with Gasteiger partial charge in [-0.1, -0.05) is 18.2 Å². The van der Waals surface area contributed by atoms with Crippen LogP contribution in [0, 0.1) is 0 Å². The summed E-state index contributed by atoms with van der Waals surface area (Å²) in [6.45, 7) is 4.92. The molecule has 1 heterocycles. The molecule has 0 amide bonds. The van der Waals surface area contributed by atoms with Crippen LogP contribution < -0.4 is 0 Å². The smallest absolute Gasteiger partial charge is 0.250 e. The van der Waals surface area contributed by atoms with E-state index in [-0.39, 0.29) is 16.2 Å². The van der Waals surface area contributed by atoms with E-state index in [0.717, 1.165) is 6.20 Å². The zero-order valence-electron chi connectivity index (χ0n) is 7.32. The summed E-state index contributed by atoms with van der Waals surface area (Å²) in [5.41, 5.74) is -0.730. The zero-order valence-corrected chi connectivity index (χ0v) is 8.08. The van der Waals surface area contributed by atoms with Gasteiger partial charge >= 0.3 is 6.18 Å². The molecule has 0 radical (unpaired) electrons. The fourth-order valence-electron chi connectivity index (χ4n) is 0.990. The lowest BCUT2D eigenvalue weighted by Crippen LogP contribution is -2.11. The number of allylic oxidation sites excluding steroid dienone is 1. The summed E-state index contributed by atoms with van der Waals surface area (Å²) in [7, 11) is 0. The first kappa shape index (κ1) is 11.0. The predicted molar refractivity (Wildman–Crippen MR) is 49.0 cm³/mol. The molecule has 0 saturated carbocycles. The fraction of sp³-hybridized carbons (Fsp3) is 0.222. The predicted octanol–water partition coefficient (Wildman–Crippen LogP) is 3.79. The molecule has 0 N–H and O–H groups in total. The van der Waals surface area contributed by atoms with Gasteiger partial charge in [0.25, 0.3) is 0 Å². The van der Waals surface area contributed by atoms with Gasteiger partial charge in [-0.3, -0.25) is 0 Å². The summed E-state index contributed by atoms with van der Waals surface area (Å²) in [6.07, 6.45) is -3.50. The van der Waals surface area contributed by atoms with E-state index < -0.39 is 11.9 Å². The first-order valence-electron chi connectivity index (χ1n) is 3.71. The number of aromatic nitrogens is 1. The molecular weight excluding hydrogens is 215 g/mol. The minimum atomic E-state index is -4.47. The van der Waals surface area contributed by atoms with Gasteiger partial charge in [-0.05, 0) is 18.6 Å². The van der Waals surface area contributed by atoms with Crippen LogP contribution in [0.15, 0.2) is 18.8 Å². The van der Waals surface area contributed by atoms with Crippen molar-refractivity contribution < 1.29 is 13.2 Å². The van der Waals surface area contributed by atoms with Gasteiger partial charge < -0.3 is 0 Å². The molecule has 5 heteroatoms. The highest BCUT2D eigenvalue weighted by Gasteiger charge is 2.35. The number of halogens is 4. The molecule has 0 aliphatic heterocycles. The highest BCUT2D eigenvalue weighted by molar-refractivity contribution is 6.30. The number of rotatable bonds is 1. The Labute approximate surface area is 84.2 Å². The highest BCUT2D eigenvalue weighted by Crippen LogP contribution is 2.33. The average molecular weight is 222 g/mol. The van der Waals surface area contributed by atoms with Crippen LogP contribution in [0.5, 0.6) is 0 Å². The summed E-state index contributed by atoms with van der Waals surface area (Å²) >= 11 is 5.54. The molecule has 0 atom stereocenters. The molecule has 14 heavy (non-hydrogen) atoms. The normalized spacial score (nSPS) is 11.5. The Morgan fingerprint density at radius 2 is 2.07 bits per heavy atom. The van der Waals surface area contributed by atoms with Gasteiger partial charge in [0.1, 0.15) is 0 Å². The van der Waals surface area contributed by atoms with Crippen molar-refractivity contribution in [1.82, 2.24) is 4.98 Å². The van der Waals surface area contributed by atoms with E-state index in [1.54, 1.807) is 0 Å². The monoisotopic (exact) mass is 221 g/mol. The number of hydrogen-bond acceptors (Lipinski definition) is 1. The molecule has 76 valence electrons. The lowest BCUT2D eigenvalue weighted by molar-refractivity contribution is -0.141. The molecule has 0 fully saturated rings. The quantitative estimate of drug-likeness (QED) is 0.703. The Hall–Kier alpha value is -1.03. The lowest BCUT2D eigenvalue weighted by atomic mass is 10.1. The van der Waals surface area contributed by atoms with Crippen LogP contribution in [-0.4, -0.2) is 4.98 Å². The van der Waals surface area contributed by atoms with Crippen LogP contribution in [0.2, 0.25) is 5.02 Å². The molecule has 1 nitrogen and oxygen atoms in total. The number of hydrogen-bond donors (Lipinski definition) is 0. The molecular formula is C9H7ClF3N. The van der Waals surface area contributed by atoms with Gasteiger partial charge in [-0.2, -0.15) is 13.2 Å². The first-order chi connectivity index (χ1) is 6.32. The van der Waals surface area contributed by atoms with E-state index in [9.17, 15) is 13.2 Å². The Morgan fingerprint density at radius 3 is 2.50 bits per heavy atom. The van der Waals surface area contributed by atoms with Gasteiger partial charge in [-0.25, -0.2) is 4.98 Å². The topological polar surface area (TPSA) is 12.9 Å². The largest absolute Gasteiger partial charge is 0.433 e. The molecule has 0 unspecified atom stereocenters. The van der Waals surface area contributed by atoms with E-state index in [1.165, 1.54) is 13.0 Å². The number of nitrogens with zero attached hydrogens (tertiary/aromatic N) is 1. The second kappa shape index (κ2) is 3.61. The van der Waals surface area contributed by atoms with Crippen LogP contribution in [0.3, 0.4) is 0 Å². The second-order valence-electron chi connectivity index (χ2n) is 2.83. The SMILES string of the molecule is C=C(C)c1cc(Cl)cnc1C(F)(F)F. The van der Waals surface area contributed by atoms with Crippen LogP contribution in [0.1, 0.15) is 18.2 Å². The molecule has 0 aromatic carbocycles. The van der Waals surface area contributed by atoms with Crippen LogP contribution in [0.4, 0.5) is 13.2 Å². The molecule has 1 aromatic rings. The molecule has 0 spiro atoms. The Balaban J connectivity index is 3.37. The van der Waals surface area contributed by atoms with Crippen molar-refractivity contribution in [1.29, 1.82) is 0 Å². The van der Waals surface area contributed by atoms with Crippen molar-refractivity contribution in [2.45, 2.75) is 13.1 Å². The minimum Gasteiger partial charge on any atom is -0.250 e. The Kier molecular flexibility index (Phi) is 2.85. The minimum absolute atomic E-state index is 0.0648. The standard InChI is InChI=1S/C9H7ClF3N/c1-5(2)7-3-6(10)4-14-8(7)9(11,12)13/h3-4H,1H2,2H3. The summed E-state index contributed by atoms with van der Waals surface area (Å²) in [4.78, 5) is 3.25. The fourth-order valence-corrected chi connectivity index (χ4v) is 1.15. The first-order valence-corrected chi connectivity index (χ1v) is 4.09. The van der Waals surface area contributed by atoms with Gasteiger partial charge in [-0.15, -0.1) is 0 Å². The number of pyridine rings is 1. The number of alkyl halides is 3. The van der Waals surface area contributed by atoms with E-state index >= 15 is 0 Å². The third kappa shape index (κ3) is 2.26. The van der Waals surface area contributed by atoms with E-state index in [0.29, 0.717) is 0 Å². The molecule has 1 rings (SSSR count). The highest BCUT2D eigenvalue weighted by atomic mass is 35.5. The van der Waals surface area contributed by atoms with Gasteiger partial charge in [0.05, 0.1) is 5.02 Å². The molecule has 1 aromatic heterocycles. The summed E-state index contributed by atoms with van der Waals surface area (Å²) in [6, 6.07) is 1.21. The van der Waals surface area contributed by atoms with Crippen molar-refractivity contribution >= 4 is 17.2 Å². The van der Waals surface area contributed by atoms with E-state index in [4.69, 9.17) is 11.6 Å². The lowest BCUT2D eigenvalue weighted by Gasteiger charge is -2.11. The van der Waals surface area contributed by atoms with Crippen LogP contribution >= 0.6 is 11.6 Å².